The first-order valence-electron chi connectivity index (χ1n) is 10.2. The van der Waals surface area contributed by atoms with Crippen molar-refractivity contribution in [3.8, 4) is 24.7 Å². The number of alkyl halides is 5. The van der Waals surface area contributed by atoms with E-state index in [0.717, 1.165) is 8.35 Å². The van der Waals surface area contributed by atoms with Crippen LogP contribution in [0.4, 0.5) is 0 Å². The van der Waals surface area contributed by atoms with Gasteiger partial charge in [-0.1, -0.05) is 139 Å². The van der Waals surface area contributed by atoms with E-state index in [0.29, 0.717) is 17.9 Å². The lowest BCUT2D eigenvalue weighted by molar-refractivity contribution is -0.141. The van der Waals surface area contributed by atoms with Gasteiger partial charge in [-0.05, 0) is 59.5 Å². The van der Waals surface area contributed by atoms with Crippen LogP contribution in [0.1, 0.15) is 59.3 Å². The zero-order chi connectivity index (χ0) is 24.8. The number of hydrogen-bond acceptors (Lipinski definition) is 3. The molecule has 0 amide bonds. The molecule has 0 aromatic rings. The topological polar surface area (TPSA) is 43.8 Å². The van der Waals surface area contributed by atoms with Crippen LogP contribution < -0.4 is 0 Å². The summed E-state index contributed by atoms with van der Waals surface area (Å²) in [6, 6.07) is 0.721. The monoisotopic (exact) mass is 994 g/mol. The summed E-state index contributed by atoms with van der Waals surface area (Å²) in [6.45, 7) is 6.59. The maximum absolute atomic E-state index is 10.6. The van der Waals surface area contributed by atoms with E-state index in [2.05, 4.69) is 158 Å². The molecule has 0 spiro atoms. The van der Waals surface area contributed by atoms with E-state index in [-0.39, 0.29) is 12.1 Å². The fraction of sp³-hybridized carbons (Fsp3) is 0.773. The number of likely N-dealkylation sites (N-methyl/N-ethyl adjacent to an activating group) is 1. The van der Waals surface area contributed by atoms with Gasteiger partial charge in [-0.2, -0.15) is 0 Å². The molecule has 2 aliphatic rings. The lowest BCUT2D eigenvalue weighted by atomic mass is 10.2. The lowest BCUT2D eigenvalue weighted by Gasteiger charge is -2.18. The quantitative estimate of drug-likeness (QED) is 0.185. The molecule has 0 aliphatic carbocycles. The first kappa shape index (κ1) is 35.3. The zero-order valence-corrected chi connectivity index (χ0v) is 29.7. The van der Waals surface area contributed by atoms with Crippen molar-refractivity contribution in [3.63, 3.8) is 0 Å². The Balaban J connectivity index is 0. The Labute approximate surface area is 258 Å². The minimum absolute atomic E-state index is 0.0103. The van der Waals surface area contributed by atoms with Crippen molar-refractivity contribution in [1.29, 1.82) is 0 Å². The molecule has 2 saturated heterocycles. The number of halogens is 5. The fourth-order valence-corrected chi connectivity index (χ4v) is 2.75. The van der Waals surface area contributed by atoms with E-state index in [1.165, 1.54) is 25.7 Å². The van der Waals surface area contributed by atoms with Gasteiger partial charge in [0.1, 0.15) is 5.48 Å². The van der Waals surface area contributed by atoms with E-state index in [9.17, 15) is 4.79 Å². The van der Waals surface area contributed by atoms with E-state index in [4.69, 9.17) is 18.0 Å². The van der Waals surface area contributed by atoms with Crippen LogP contribution in [0.2, 0.25) is 0 Å². The normalized spacial score (nSPS) is 25.7. The van der Waals surface area contributed by atoms with Crippen molar-refractivity contribution in [1.82, 2.24) is 9.80 Å². The number of terminal acetylenes is 2. The highest BCUT2D eigenvalue weighted by atomic mass is 127. The molecule has 2 heterocycles. The SMILES string of the molecule is C#C[C@H]1CC[C@@H](C(=O)O)N1C.C#C[C@H]1CC[C@@H](C)N1C.CCC(I)(I)I.CCC(I)I. The third-order valence-corrected chi connectivity index (χ3v) is 9.17. The molecule has 2 fully saturated rings. The predicted octanol–water partition coefficient (Wildman–Crippen LogP) is 7.22. The Morgan fingerprint density at radius 2 is 1.42 bits per heavy atom. The molecule has 0 aromatic heterocycles. The number of hydrogen-bond donors (Lipinski definition) is 1. The first-order valence-corrected chi connectivity index (χ1v) is 15.9. The van der Waals surface area contributed by atoms with E-state index in [1.807, 2.05) is 0 Å². The van der Waals surface area contributed by atoms with Gasteiger partial charge in [-0.15, -0.1) is 12.8 Å². The third-order valence-electron chi connectivity index (χ3n) is 5.12. The smallest absolute Gasteiger partial charge is 0.320 e. The molecule has 0 aromatic carbocycles. The molecule has 0 unspecified atom stereocenters. The van der Waals surface area contributed by atoms with Gasteiger partial charge < -0.3 is 5.11 Å². The highest BCUT2D eigenvalue weighted by Gasteiger charge is 2.33. The van der Waals surface area contributed by atoms with Crippen LogP contribution in [0, 0.1) is 24.7 Å². The minimum Gasteiger partial charge on any atom is -0.480 e. The molecular formula is C22H35I5N2O2. The second-order valence-corrected chi connectivity index (χ2v) is 24.4. The lowest BCUT2D eigenvalue weighted by Crippen LogP contribution is -2.36. The summed E-state index contributed by atoms with van der Waals surface area (Å²) in [6.07, 6.45) is 16.9. The molecule has 180 valence electrons. The number of likely N-dealkylation sites (tertiary alicyclic amines) is 2. The van der Waals surface area contributed by atoms with Crippen molar-refractivity contribution >= 4 is 119 Å². The summed E-state index contributed by atoms with van der Waals surface area (Å²) >= 11 is 12.0. The Bertz CT molecular complexity index is 584. The number of carboxylic acids is 1. The summed E-state index contributed by atoms with van der Waals surface area (Å²) < 4.78 is 1.28. The predicted molar refractivity (Wildman–Crippen MR) is 177 cm³/mol. The standard InChI is InChI=1S/C8H11NO2.C8H13N.C3H5I3.C3H6I2/c1-3-6-4-5-7(8(10)11)9(6)2;1-4-8-6-5-7(2)9(8)3;1-2-3(4,5)6;1-2-3(4)5/h1,6-7H,4-5H2,2H3,(H,10,11);1,7-8H,5-6H2,2-3H3;2H2,1H3;3H,2H2,1H3/t6-,7-;7-,8+;;/m01../s1. The van der Waals surface area contributed by atoms with Gasteiger partial charge >= 0.3 is 5.97 Å². The summed E-state index contributed by atoms with van der Waals surface area (Å²) in [5.74, 6) is 4.56. The van der Waals surface area contributed by atoms with Gasteiger partial charge in [0.25, 0.3) is 0 Å². The largest absolute Gasteiger partial charge is 0.480 e. The van der Waals surface area contributed by atoms with Crippen LogP contribution in [0.25, 0.3) is 0 Å². The molecule has 4 nitrogen and oxygen atoms in total. The molecule has 0 radical (unpaired) electrons. The molecule has 0 saturated carbocycles. The molecule has 2 rings (SSSR count). The van der Waals surface area contributed by atoms with Crippen molar-refractivity contribution in [2.24, 2.45) is 0 Å². The molecular weight excluding hydrogens is 959 g/mol. The Morgan fingerprint density at radius 1 is 1.03 bits per heavy atom. The average Bonchev–Trinajstić information content (AvgIpc) is 3.24. The fourth-order valence-electron chi connectivity index (χ4n) is 2.75. The molecule has 0 bridgehead atoms. The van der Waals surface area contributed by atoms with Gasteiger partial charge in [0.15, 0.2) is 0 Å². The van der Waals surface area contributed by atoms with Crippen LogP contribution in [-0.4, -0.2) is 60.5 Å². The van der Waals surface area contributed by atoms with Gasteiger partial charge in [-0.25, -0.2) is 0 Å². The summed E-state index contributed by atoms with van der Waals surface area (Å²) in [4.78, 5) is 14.6. The minimum atomic E-state index is -0.773. The summed E-state index contributed by atoms with van der Waals surface area (Å²) in [5, 5.41) is 8.69. The molecule has 2 aliphatic heterocycles. The summed E-state index contributed by atoms with van der Waals surface area (Å²) in [5.41, 5.74) is 0. The van der Waals surface area contributed by atoms with Gasteiger partial charge in [0, 0.05) is 6.04 Å². The number of carboxylic acid groups (broad SMARTS) is 1. The molecule has 4 atom stereocenters. The van der Waals surface area contributed by atoms with Crippen molar-refractivity contribution < 1.29 is 9.90 Å². The number of aliphatic carboxylic acids is 1. The van der Waals surface area contributed by atoms with E-state index in [1.54, 1.807) is 11.9 Å². The van der Waals surface area contributed by atoms with Crippen LogP contribution in [0.15, 0.2) is 0 Å². The van der Waals surface area contributed by atoms with Crippen molar-refractivity contribution in [3.05, 3.63) is 0 Å². The van der Waals surface area contributed by atoms with Crippen molar-refractivity contribution in [2.45, 2.75) is 84.8 Å². The van der Waals surface area contributed by atoms with Gasteiger partial charge in [0.2, 0.25) is 0 Å². The Kier molecular flexibility index (Phi) is 22.1. The van der Waals surface area contributed by atoms with Crippen LogP contribution in [-0.2, 0) is 4.79 Å². The van der Waals surface area contributed by atoms with E-state index < -0.39 is 5.97 Å². The highest BCUT2D eigenvalue weighted by molar-refractivity contribution is 14.3. The maximum Gasteiger partial charge on any atom is 0.320 e. The highest BCUT2D eigenvalue weighted by Crippen LogP contribution is 2.38. The van der Waals surface area contributed by atoms with Gasteiger partial charge in [-0.3, -0.25) is 14.6 Å². The average molecular weight is 994 g/mol. The number of rotatable bonds is 3. The van der Waals surface area contributed by atoms with Gasteiger partial charge in [0.05, 0.1) is 14.0 Å². The molecule has 9 heteroatoms. The van der Waals surface area contributed by atoms with Crippen LogP contribution in [0.3, 0.4) is 0 Å². The zero-order valence-electron chi connectivity index (χ0n) is 18.9. The third kappa shape index (κ3) is 17.3. The Morgan fingerprint density at radius 3 is 1.58 bits per heavy atom. The first-order chi connectivity index (χ1) is 14.2. The maximum atomic E-state index is 10.6. The number of carbonyl (C=O) groups is 1. The van der Waals surface area contributed by atoms with Crippen LogP contribution in [0.5, 0.6) is 0 Å². The van der Waals surface area contributed by atoms with Crippen LogP contribution >= 0.6 is 113 Å². The molecule has 1 N–H and O–H groups in total. The van der Waals surface area contributed by atoms with E-state index >= 15 is 0 Å². The Hall–Kier alpha value is 2.16. The number of nitrogens with zero attached hydrogens (tertiary/aromatic N) is 2. The van der Waals surface area contributed by atoms with Crippen molar-refractivity contribution in [2.75, 3.05) is 14.1 Å². The molecule has 31 heavy (non-hydrogen) atoms. The second-order valence-electron chi connectivity index (χ2n) is 7.32. The summed E-state index contributed by atoms with van der Waals surface area (Å²) in [7, 11) is 3.86. The second kappa shape index (κ2) is 19.4.